The molecule has 25 heavy (non-hydrogen) atoms. The number of nitro benzene ring substituents is 1. The molecule has 0 aliphatic rings. The van der Waals surface area contributed by atoms with Crippen LogP contribution in [-0.2, 0) is 4.79 Å². The van der Waals surface area contributed by atoms with E-state index in [0.717, 1.165) is 16.9 Å². The third kappa shape index (κ3) is 4.79. The average molecular weight is 342 g/mol. The minimum atomic E-state index is -0.436. The zero-order chi connectivity index (χ0) is 18.4. The Hall–Kier alpha value is -2.89. The van der Waals surface area contributed by atoms with Gasteiger partial charge < -0.3 is 9.64 Å². The molecule has 0 N–H and O–H groups in total. The van der Waals surface area contributed by atoms with Gasteiger partial charge >= 0.3 is 0 Å². The summed E-state index contributed by atoms with van der Waals surface area (Å²) in [4.78, 5) is 24.4. The zero-order valence-electron chi connectivity index (χ0n) is 14.6. The summed E-state index contributed by atoms with van der Waals surface area (Å²) in [6, 6.07) is 13.7. The van der Waals surface area contributed by atoms with Gasteiger partial charge in [-0.25, -0.2) is 0 Å². The molecule has 2 aromatic rings. The number of amides is 1. The van der Waals surface area contributed by atoms with Gasteiger partial charge in [0.1, 0.15) is 5.75 Å². The van der Waals surface area contributed by atoms with Crippen molar-refractivity contribution < 1.29 is 14.5 Å². The number of nitrogens with zero attached hydrogens (tertiary/aromatic N) is 2. The fraction of sp³-hybridized carbons (Fsp3) is 0.316. The van der Waals surface area contributed by atoms with Crippen molar-refractivity contribution in [2.45, 2.75) is 26.3 Å². The highest BCUT2D eigenvalue weighted by molar-refractivity contribution is 5.76. The highest BCUT2D eigenvalue weighted by Crippen LogP contribution is 2.23. The molecular formula is C19H22N2O4. The lowest BCUT2D eigenvalue weighted by Crippen LogP contribution is -2.30. The molecule has 2 rings (SSSR count). The molecule has 0 fully saturated rings. The quantitative estimate of drug-likeness (QED) is 0.565. The summed E-state index contributed by atoms with van der Waals surface area (Å²) in [5, 5.41) is 10.9. The summed E-state index contributed by atoms with van der Waals surface area (Å²) >= 11 is 0. The Labute approximate surface area is 147 Å². The first-order chi connectivity index (χ1) is 11.9. The highest BCUT2D eigenvalue weighted by Gasteiger charge is 2.19. The standard InChI is InChI=1S/C19H22N2O4/c1-14-7-4-5-10-18(14)25-12-11-19(22)20(3)15(2)16-8-6-9-17(13-16)21(23)24/h4-10,13,15H,11-12H2,1-3H3/t15-/m0/s1. The summed E-state index contributed by atoms with van der Waals surface area (Å²) in [7, 11) is 1.69. The fourth-order valence-electron chi connectivity index (χ4n) is 2.48. The maximum Gasteiger partial charge on any atom is 0.269 e. The number of carbonyl (C=O) groups excluding carboxylic acids is 1. The molecule has 1 amide bonds. The van der Waals surface area contributed by atoms with E-state index in [1.165, 1.54) is 12.1 Å². The van der Waals surface area contributed by atoms with E-state index >= 15 is 0 Å². The molecule has 0 saturated heterocycles. The van der Waals surface area contributed by atoms with Gasteiger partial charge in [-0.3, -0.25) is 14.9 Å². The Morgan fingerprint density at radius 1 is 1.24 bits per heavy atom. The molecule has 2 aromatic carbocycles. The van der Waals surface area contributed by atoms with Gasteiger partial charge in [-0.05, 0) is 31.0 Å². The molecule has 0 spiro atoms. The molecule has 1 atom stereocenters. The number of hydrogen-bond acceptors (Lipinski definition) is 4. The van der Waals surface area contributed by atoms with Gasteiger partial charge in [0.2, 0.25) is 5.91 Å². The number of ether oxygens (including phenoxy) is 1. The largest absolute Gasteiger partial charge is 0.493 e. The van der Waals surface area contributed by atoms with Gasteiger partial charge in [0.05, 0.1) is 24.0 Å². The van der Waals surface area contributed by atoms with Gasteiger partial charge in [0.15, 0.2) is 0 Å². The highest BCUT2D eigenvalue weighted by atomic mass is 16.6. The Balaban J connectivity index is 1.94. The number of nitro groups is 1. The second-order valence-corrected chi connectivity index (χ2v) is 5.90. The Bertz CT molecular complexity index is 761. The van der Waals surface area contributed by atoms with E-state index < -0.39 is 4.92 Å². The first-order valence-electron chi connectivity index (χ1n) is 8.08. The summed E-state index contributed by atoms with van der Waals surface area (Å²) in [6.07, 6.45) is 0.240. The molecule has 0 radical (unpaired) electrons. The first kappa shape index (κ1) is 18.4. The monoisotopic (exact) mass is 342 g/mol. The normalized spacial score (nSPS) is 11.6. The van der Waals surface area contributed by atoms with Crippen LogP contribution in [0.4, 0.5) is 5.69 Å². The molecule has 6 heteroatoms. The lowest BCUT2D eigenvalue weighted by atomic mass is 10.1. The van der Waals surface area contributed by atoms with Gasteiger partial charge in [-0.2, -0.15) is 0 Å². The van der Waals surface area contributed by atoms with Crippen LogP contribution in [0.25, 0.3) is 0 Å². The van der Waals surface area contributed by atoms with E-state index in [1.54, 1.807) is 24.1 Å². The van der Waals surface area contributed by atoms with Crippen LogP contribution in [0.3, 0.4) is 0 Å². The van der Waals surface area contributed by atoms with Crippen molar-refractivity contribution in [2.24, 2.45) is 0 Å². The topological polar surface area (TPSA) is 72.7 Å². The van der Waals surface area contributed by atoms with Crippen molar-refractivity contribution in [3.05, 3.63) is 69.8 Å². The zero-order valence-corrected chi connectivity index (χ0v) is 14.6. The van der Waals surface area contributed by atoms with Crippen LogP contribution in [0, 0.1) is 17.0 Å². The van der Waals surface area contributed by atoms with E-state index in [4.69, 9.17) is 4.74 Å². The maximum absolute atomic E-state index is 12.4. The van der Waals surface area contributed by atoms with Crippen molar-refractivity contribution in [1.29, 1.82) is 0 Å². The van der Waals surface area contributed by atoms with Crippen molar-refractivity contribution in [3.63, 3.8) is 0 Å². The number of non-ortho nitro benzene ring substituents is 1. The average Bonchev–Trinajstić information content (AvgIpc) is 2.62. The second kappa shape index (κ2) is 8.28. The van der Waals surface area contributed by atoms with Crippen molar-refractivity contribution in [3.8, 4) is 5.75 Å². The number of hydrogen-bond donors (Lipinski definition) is 0. The third-order valence-corrected chi connectivity index (χ3v) is 4.20. The SMILES string of the molecule is Cc1ccccc1OCCC(=O)N(C)[C@@H](C)c1cccc([N+](=O)[O-])c1. The maximum atomic E-state index is 12.4. The van der Waals surface area contributed by atoms with Crippen LogP contribution >= 0.6 is 0 Å². The molecule has 0 aliphatic heterocycles. The van der Waals surface area contributed by atoms with Gasteiger partial charge in [-0.1, -0.05) is 30.3 Å². The Kier molecular flexibility index (Phi) is 6.11. The molecule has 0 aromatic heterocycles. The van der Waals surface area contributed by atoms with E-state index in [1.807, 2.05) is 38.1 Å². The molecule has 0 aliphatic carbocycles. The van der Waals surface area contributed by atoms with Crippen molar-refractivity contribution in [2.75, 3.05) is 13.7 Å². The summed E-state index contributed by atoms with van der Waals surface area (Å²) in [5.74, 6) is 0.692. The first-order valence-corrected chi connectivity index (χ1v) is 8.08. The Morgan fingerprint density at radius 2 is 1.96 bits per heavy atom. The van der Waals surface area contributed by atoms with E-state index in [-0.39, 0.29) is 30.7 Å². The number of para-hydroxylation sites is 1. The van der Waals surface area contributed by atoms with Crippen LogP contribution in [0.2, 0.25) is 0 Å². The molecule has 132 valence electrons. The molecule has 6 nitrogen and oxygen atoms in total. The number of benzene rings is 2. The summed E-state index contributed by atoms with van der Waals surface area (Å²) in [6.45, 7) is 4.09. The molecule has 0 heterocycles. The van der Waals surface area contributed by atoms with Crippen molar-refractivity contribution in [1.82, 2.24) is 4.90 Å². The number of aryl methyl sites for hydroxylation is 1. The second-order valence-electron chi connectivity index (χ2n) is 5.90. The smallest absolute Gasteiger partial charge is 0.269 e. The third-order valence-electron chi connectivity index (χ3n) is 4.20. The predicted molar refractivity (Wildman–Crippen MR) is 95.6 cm³/mol. The summed E-state index contributed by atoms with van der Waals surface area (Å²) < 4.78 is 5.66. The van der Waals surface area contributed by atoms with E-state index in [2.05, 4.69) is 0 Å². The lowest BCUT2D eigenvalue weighted by molar-refractivity contribution is -0.384. The van der Waals surface area contributed by atoms with Gasteiger partial charge in [-0.15, -0.1) is 0 Å². The van der Waals surface area contributed by atoms with E-state index in [9.17, 15) is 14.9 Å². The summed E-state index contributed by atoms with van der Waals surface area (Å²) in [5.41, 5.74) is 1.77. The number of rotatable bonds is 7. The minimum Gasteiger partial charge on any atom is -0.493 e. The van der Waals surface area contributed by atoms with Crippen LogP contribution in [0.5, 0.6) is 5.75 Å². The van der Waals surface area contributed by atoms with E-state index in [0.29, 0.717) is 0 Å². The molecule has 0 unspecified atom stereocenters. The predicted octanol–water partition coefficient (Wildman–Crippen LogP) is 3.89. The molecular weight excluding hydrogens is 320 g/mol. The fourth-order valence-corrected chi connectivity index (χ4v) is 2.48. The van der Waals surface area contributed by atoms with Crippen molar-refractivity contribution >= 4 is 11.6 Å². The van der Waals surface area contributed by atoms with Crippen LogP contribution in [-0.4, -0.2) is 29.4 Å². The van der Waals surface area contributed by atoms with Crippen LogP contribution < -0.4 is 4.74 Å². The van der Waals surface area contributed by atoms with Crippen LogP contribution in [0.1, 0.15) is 30.5 Å². The number of carbonyl (C=O) groups is 1. The minimum absolute atomic E-state index is 0.0214. The molecule has 0 bridgehead atoms. The lowest BCUT2D eigenvalue weighted by Gasteiger charge is -2.25. The van der Waals surface area contributed by atoms with Crippen LogP contribution in [0.15, 0.2) is 48.5 Å². The Morgan fingerprint density at radius 3 is 2.64 bits per heavy atom. The van der Waals surface area contributed by atoms with Gasteiger partial charge in [0.25, 0.3) is 5.69 Å². The van der Waals surface area contributed by atoms with Gasteiger partial charge in [0, 0.05) is 19.2 Å². The molecule has 0 saturated carbocycles.